The lowest BCUT2D eigenvalue weighted by molar-refractivity contribution is -0.147. The van der Waals surface area contributed by atoms with Gasteiger partial charge in [-0.15, -0.1) is 24.0 Å². The summed E-state index contributed by atoms with van der Waals surface area (Å²) in [7, 11) is 0. The van der Waals surface area contributed by atoms with E-state index in [4.69, 9.17) is 33.7 Å². The van der Waals surface area contributed by atoms with Crippen LogP contribution < -0.4 is 11.1 Å². The Labute approximate surface area is 164 Å². The lowest BCUT2D eigenvalue weighted by Crippen LogP contribution is -2.34. The van der Waals surface area contributed by atoms with Gasteiger partial charge < -0.3 is 15.8 Å². The maximum atomic E-state index is 11.4. The molecule has 23 heavy (non-hydrogen) atoms. The fraction of sp³-hybridized carbons (Fsp3) is 0.467. The number of aliphatic imine (C=N–C) groups is 1. The van der Waals surface area contributed by atoms with Crippen molar-refractivity contribution in [2.45, 2.75) is 39.3 Å². The van der Waals surface area contributed by atoms with Crippen molar-refractivity contribution in [3.8, 4) is 0 Å². The SMILES string of the molecule is CC(C)OC(=O)CCN=C(N)NC(C)c1ccc(Cl)cc1Cl.I. The molecule has 0 spiro atoms. The molecule has 1 unspecified atom stereocenters. The van der Waals surface area contributed by atoms with Gasteiger partial charge in [-0.1, -0.05) is 29.3 Å². The van der Waals surface area contributed by atoms with E-state index >= 15 is 0 Å². The number of hydrogen-bond acceptors (Lipinski definition) is 3. The van der Waals surface area contributed by atoms with E-state index in [0.29, 0.717) is 10.0 Å². The van der Waals surface area contributed by atoms with Crippen molar-refractivity contribution in [3.05, 3.63) is 33.8 Å². The number of nitrogens with one attached hydrogen (secondary N) is 1. The molecule has 1 aromatic carbocycles. The predicted molar refractivity (Wildman–Crippen MR) is 106 cm³/mol. The Morgan fingerprint density at radius 1 is 1.35 bits per heavy atom. The number of rotatable bonds is 6. The van der Waals surface area contributed by atoms with Crippen LogP contribution >= 0.6 is 47.2 Å². The van der Waals surface area contributed by atoms with Crippen LogP contribution in [0.5, 0.6) is 0 Å². The minimum Gasteiger partial charge on any atom is -0.463 e. The van der Waals surface area contributed by atoms with Crippen molar-refractivity contribution in [3.63, 3.8) is 0 Å². The third-order valence-corrected chi connectivity index (χ3v) is 3.32. The summed E-state index contributed by atoms with van der Waals surface area (Å²) in [5.41, 5.74) is 6.66. The average molecular weight is 474 g/mol. The van der Waals surface area contributed by atoms with Crippen LogP contribution in [0.25, 0.3) is 0 Å². The molecular weight excluding hydrogens is 452 g/mol. The first-order valence-electron chi connectivity index (χ1n) is 7.00. The van der Waals surface area contributed by atoms with Gasteiger partial charge in [-0.3, -0.25) is 9.79 Å². The smallest absolute Gasteiger partial charge is 0.307 e. The molecule has 3 N–H and O–H groups in total. The monoisotopic (exact) mass is 473 g/mol. The van der Waals surface area contributed by atoms with Crippen LogP contribution in [0.1, 0.15) is 38.8 Å². The number of nitrogens with two attached hydrogens (primary N) is 1. The van der Waals surface area contributed by atoms with Crippen molar-refractivity contribution < 1.29 is 9.53 Å². The Morgan fingerprint density at radius 3 is 2.57 bits per heavy atom. The number of hydrogen-bond donors (Lipinski definition) is 2. The van der Waals surface area contributed by atoms with E-state index in [1.807, 2.05) is 13.0 Å². The van der Waals surface area contributed by atoms with Gasteiger partial charge in [0.1, 0.15) is 0 Å². The number of carbonyl (C=O) groups excluding carboxylic acids is 1. The van der Waals surface area contributed by atoms with Gasteiger partial charge in [0.2, 0.25) is 0 Å². The van der Waals surface area contributed by atoms with E-state index in [9.17, 15) is 4.79 Å². The van der Waals surface area contributed by atoms with Crippen molar-refractivity contribution in [1.82, 2.24) is 5.32 Å². The molecule has 0 fully saturated rings. The van der Waals surface area contributed by atoms with Crippen molar-refractivity contribution in [1.29, 1.82) is 0 Å². The van der Waals surface area contributed by atoms with E-state index in [1.165, 1.54) is 0 Å². The fourth-order valence-electron chi connectivity index (χ4n) is 1.79. The van der Waals surface area contributed by atoms with Crippen molar-refractivity contribution in [2.75, 3.05) is 6.54 Å². The highest BCUT2D eigenvalue weighted by atomic mass is 127. The molecule has 0 radical (unpaired) electrons. The summed E-state index contributed by atoms with van der Waals surface area (Å²) in [6, 6.07) is 5.13. The first-order valence-corrected chi connectivity index (χ1v) is 7.76. The van der Waals surface area contributed by atoms with Crippen LogP contribution in [0.15, 0.2) is 23.2 Å². The Bertz CT molecular complexity index is 554. The largest absolute Gasteiger partial charge is 0.463 e. The maximum Gasteiger partial charge on any atom is 0.307 e. The van der Waals surface area contributed by atoms with Gasteiger partial charge in [0, 0.05) is 10.0 Å². The van der Waals surface area contributed by atoms with Crippen molar-refractivity contribution >= 4 is 59.1 Å². The number of esters is 1. The molecule has 0 aliphatic heterocycles. The molecule has 0 saturated carbocycles. The van der Waals surface area contributed by atoms with Gasteiger partial charge in [-0.05, 0) is 38.5 Å². The lowest BCUT2D eigenvalue weighted by atomic mass is 10.1. The molecule has 0 amide bonds. The fourth-order valence-corrected chi connectivity index (χ4v) is 2.36. The number of guanidine groups is 1. The molecule has 0 bridgehead atoms. The first-order chi connectivity index (χ1) is 10.3. The van der Waals surface area contributed by atoms with Gasteiger partial charge in [-0.2, -0.15) is 0 Å². The Morgan fingerprint density at radius 2 is 2.00 bits per heavy atom. The standard InChI is InChI=1S/C15H21Cl2N3O2.HI/c1-9(2)22-14(21)6-7-19-15(18)20-10(3)12-5-4-11(16)8-13(12)17;/h4-5,8-10H,6-7H2,1-3H3,(H3,18,19,20);1H. The third-order valence-electron chi connectivity index (χ3n) is 2.76. The van der Waals surface area contributed by atoms with Crippen LogP contribution in [-0.4, -0.2) is 24.6 Å². The van der Waals surface area contributed by atoms with Crippen LogP contribution in [-0.2, 0) is 9.53 Å². The molecule has 1 rings (SSSR count). The molecule has 0 saturated heterocycles. The molecular formula is C15H22Cl2IN3O2. The molecule has 1 aromatic rings. The molecule has 5 nitrogen and oxygen atoms in total. The summed E-state index contributed by atoms with van der Waals surface area (Å²) in [6.07, 6.45) is 0.0652. The molecule has 130 valence electrons. The topological polar surface area (TPSA) is 76.7 Å². The van der Waals surface area contributed by atoms with Gasteiger partial charge in [0.25, 0.3) is 0 Å². The van der Waals surface area contributed by atoms with E-state index in [1.54, 1.807) is 26.0 Å². The highest BCUT2D eigenvalue weighted by molar-refractivity contribution is 14.0. The predicted octanol–water partition coefficient (Wildman–Crippen LogP) is 3.92. The van der Waals surface area contributed by atoms with Gasteiger partial charge in [0.05, 0.1) is 25.1 Å². The Kier molecular flexibility index (Phi) is 10.6. The van der Waals surface area contributed by atoms with E-state index < -0.39 is 0 Å². The van der Waals surface area contributed by atoms with Crippen LogP contribution in [0.4, 0.5) is 0 Å². The quantitative estimate of drug-likeness (QED) is 0.284. The molecule has 8 heteroatoms. The molecule has 0 aromatic heterocycles. The van der Waals surface area contributed by atoms with Crippen LogP contribution in [0, 0.1) is 0 Å². The van der Waals surface area contributed by atoms with Gasteiger partial charge in [-0.25, -0.2) is 0 Å². The first kappa shape index (κ1) is 22.3. The summed E-state index contributed by atoms with van der Waals surface area (Å²) < 4.78 is 5.01. The number of halogens is 3. The summed E-state index contributed by atoms with van der Waals surface area (Å²) in [4.78, 5) is 15.5. The Hall–Kier alpha value is -0.730. The second-order valence-corrected chi connectivity index (χ2v) is 5.93. The van der Waals surface area contributed by atoms with Crippen molar-refractivity contribution in [2.24, 2.45) is 10.7 Å². The zero-order valence-electron chi connectivity index (χ0n) is 13.3. The normalized spacial score (nSPS) is 12.5. The van der Waals surface area contributed by atoms with E-state index in [0.717, 1.165) is 5.56 Å². The van der Waals surface area contributed by atoms with Gasteiger partial charge in [0.15, 0.2) is 5.96 Å². The minimum absolute atomic E-state index is 0. The number of carbonyl (C=O) groups is 1. The number of ether oxygens (including phenoxy) is 1. The van der Waals surface area contributed by atoms with E-state index in [2.05, 4.69) is 10.3 Å². The van der Waals surface area contributed by atoms with Gasteiger partial charge >= 0.3 is 5.97 Å². The highest BCUT2D eigenvalue weighted by Crippen LogP contribution is 2.25. The number of benzene rings is 1. The zero-order valence-corrected chi connectivity index (χ0v) is 17.1. The second kappa shape index (κ2) is 10.9. The zero-order chi connectivity index (χ0) is 16.7. The molecule has 0 heterocycles. The minimum atomic E-state index is -0.291. The summed E-state index contributed by atoms with van der Waals surface area (Å²) in [5.74, 6) is -0.0452. The summed E-state index contributed by atoms with van der Waals surface area (Å²) in [5, 5.41) is 4.15. The maximum absolute atomic E-state index is 11.4. The molecule has 1 atom stereocenters. The van der Waals surface area contributed by atoms with Crippen LogP contribution in [0.3, 0.4) is 0 Å². The Balaban J connectivity index is 0.00000484. The van der Waals surface area contributed by atoms with Crippen LogP contribution in [0.2, 0.25) is 10.0 Å². The second-order valence-electron chi connectivity index (χ2n) is 5.09. The molecule has 0 aliphatic carbocycles. The summed E-state index contributed by atoms with van der Waals surface area (Å²) >= 11 is 12.0. The number of nitrogens with zero attached hydrogens (tertiary/aromatic N) is 1. The van der Waals surface area contributed by atoms with E-state index in [-0.39, 0.29) is 61.0 Å². The lowest BCUT2D eigenvalue weighted by Gasteiger charge is -2.16. The average Bonchev–Trinajstić information content (AvgIpc) is 2.37. The molecule has 0 aliphatic rings. The third kappa shape index (κ3) is 8.62. The summed E-state index contributed by atoms with van der Waals surface area (Å²) in [6.45, 7) is 5.78. The highest BCUT2D eigenvalue weighted by Gasteiger charge is 2.11.